The smallest absolute Gasteiger partial charge is 0.328 e. The number of carbonyl (C=O) groups is 1. The maximum atomic E-state index is 10.5. The number of carboxylic acid groups (broad SMARTS) is 1. The zero-order chi connectivity index (χ0) is 13.4. The highest BCUT2D eigenvalue weighted by Gasteiger charge is 2.16. The van der Waals surface area contributed by atoms with Crippen molar-refractivity contribution in [2.24, 2.45) is 7.05 Å². The van der Waals surface area contributed by atoms with Crippen molar-refractivity contribution in [1.29, 1.82) is 0 Å². The minimum Gasteiger partial charge on any atom is -0.486 e. The van der Waals surface area contributed by atoms with E-state index in [0.29, 0.717) is 30.5 Å². The Bertz CT molecular complexity index is 687. The molecule has 0 atom stereocenters. The number of benzene rings is 1. The predicted molar refractivity (Wildman–Crippen MR) is 68.4 cm³/mol. The first kappa shape index (κ1) is 11.6. The van der Waals surface area contributed by atoms with Gasteiger partial charge in [-0.25, -0.2) is 9.78 Å². The van der Waals surface area contributed by atoms with Gasteiger partial charge in [0.15, 0.2) is 11.5 Å². The third-order valence-corrected chi connectivity index (χ3v) is 2.95. The van der Waals surface area contributed by atoms with Crippen LogP contribution in [0.15, 0.2) is 18.2 Å². The number of carboxylic acids is 1. The fourth-order valence-corrected chi connectivity index (χ4v) is 2.04. The second kappa shape index (κ2) is 4.31. The van der Waals surface area contributed by atoms with Gasteiger partial charge in [0.05, 0.1) is 11.0 Å². The minimum absolute atomic E-state index is 0.525. The molecule has 3 rings (SSSR count). The average molecular weight is 260 g/mol. The standard InChI is InChI=1S/C13H12N2O4/c1-15-9-7-11-10(18-4-5-19-11)6-8(9)14-12(15)2-3-13(16)17/h2-3,6-7H,4-5H2,1H3,(H,16,17)/b3-2+. The number of imidazole rings is 1. The summed E-state index contributed by atoms with van der Waals surface area (Å²) in [5, 5.41) is 8.65. The van der Waals surface area contributed by atoms with Crippen LogP contribution in [0.25, 0.3) is 17.1 Å². The van der Waals surface area contributed by atoms with Gasteiger partial charge in [-0.1, -0.05) is 0 Å². The lowest BCUT2D eigenvalue weighted by molar-refractivity contribution is -0.131. The first-order valence-electron chi connectivity index (χ1n) is 5.82. The number of hydrogen-bond acceptors (Lipinski definition) is 4. The molecule has 0 aliphatic carbocycles. The Morgan fingerprint density at radius 2 is 2.05 bits per heavy atom. The van der Waals surface area contributed by atoms with Gasteiger partial charge in [-0.2, -0.15) is 0 Å². The number of rotatable bonds is 2. The van der Waals surface area contributed by atoms with Crippen molar-refractivity contribution in [3.8, 4) is 11.5 Å². The number of nitrogens with zero attached hydrogens (tertiary/aromatic N) is 2. The second-order valence-electron chi connectivity index (χ2n) is 4.19. The molecule has 0 bridgehead atoms. The van der Waals surface area contributed by atoms with Gasteiger partial charge in [-0.3, -0.25) is 0 Å². The molecule has 98 valence electrons. The van der Waals surface area contributed by atoms with E-state index in [1.165, 1.54) is 6.08 Å². The molecule has 0 amide bonds. The third-order valence-electron chi connectivity index (χ3n) is 2.95. The van der Waals surface area contributed by atoms with E-state index < -0.39 is 5.97 Å². The lowest BCUT2D eigenvalue weighted by Crippen LogP contribution is -2.15. The Balaban J connectivity index is 2.12. The summed E-state index contributed by atoms with van der Waals surface area (Å²) in [5.41, 5.74) is 1.62. The number of aryl methyl sites for hydroxylation is 1. The van der Waals surface area contributed by atoms with Gasteiger partial charge in [-0.15, -0.1) is 0 Å². The Morgan fingerprint density at radius 1 is 1.37 bits per heavy atom. The van der Waals surface area contributed by atoms with Crippen molar-refractivity contribution in [1.82, 2.24) is 9.55 Å². The number of hydrogen-bond donors (Lipinski definition) is 1. The van der Waals surface area contributed by atoms with Crippen LogP contribution >= 0.6 is 0 Å². The molecule has 0 spiro atoms. The number of aliphatic carboxylic acids is 1. The quantitative estimate of drug-likeness (QED) is 0.827. The van der Waals surface area contributed by atoms with Crippen LogP contribution in [0.4, 0.5) is 0 Å². The zero-order valence-corrected chi connectivity index (χ0v) is 10.3. The van der Waals surface area contributed by atoms with Crippen LogP contribution < -0.4 is 9.47 Å². The molecule has 1 aliphatic rings. The molecule has 0 unspecified atom stereocenters. The summed E-state index contributed by atoms with van der Waals surface area (Å²) < 4.78 is 12.8. The molecule has 6 nitrogen and oxygen atoms in total. The van der Waals surface area contributed by atoms with E-state index in [0.717, 1.165) is 17.1 Å². The summed E-state index contributed by atoms with van der Waals surface area (Å²) in [6, 6.07) is 3.66. The van der Waals surface area contributed by atoms with Gasteiger partial charge >= 0.3 is 5.97 Å². The normalized spacial score (nSPS) is 14.2. The molecule has 2 heterocycles. The molecule has 1 N–H and O–H groups in total. The molecular formula is C13H12N2O4. The van der Waals surface area contributed by atoms with Crippen molar-refractivity contribution in [2.45, 2.75) is 0 Å². The molecule has 1 aromatic carbocycles. The molecule has 0 radical (unpaired) electrons. The second-order valence-corrected chi connectivity index (χ2v) is 4.19. The number of ether oxygens (including phenoxy) is 2. The molecule has 0 saturated heterocycles. The Hall–Kier alpha value is -2.50. The molecule has 19 heavy (non-hydrogen) atoms. The monoisotopic (exact) mass is 260 g/mol. The summed E-state index contributed by atoms with van der Waals surface area (Å²) in [5.74, 6) is 0.930. The lowest BCUT2D eigenvalue weighted by Gasteiger charge is -2.18. The van der Waals surface area contributed by atoms with E-state index in [9.17, 15) is 4.79 Å². The van der Waals surface area contributed by atoms with Crippen molar-refractivity contribution in [3.63, 3.8) is 0 Å². The molecule has 6 heteroatoms. The molecule has 1 aliphatic heterocycles. The van der Waals surface area contributed by atoms with E-state index in [4.69, 9.17) is 14.6 Å². The van der Waals surface area contributed by atoms with E-state index in [-0.39, 0.29) is 0 Å². The summed E-state index contributed by atoms with van der Waals surface area (Å²) in [4.78, 5) is 14.9. The first-order valence-corrected chi connectivity index (χ1v) is 5.82. The molecule has 0 fully saturated rings. The predicted octanol–water partition coefficient (Wildman–Crippen LogP) is 1.44. The first-order chi connectivity index (χ1) is 9.15. The third kappa shape index (κ3) is 2.01. The fourth-order valence-electron chi connectivity index (χ4n) is 2.04. The Morgan fingerprint density at radius 3 is 2.74 bits per heavy atom. The molecule has 0 saturated carbocycles. The highest BCUT2D eigenvalue weighted by Crippen LogP contribution is 2.34. The van der Waals surface area contributed by atoms with Crippen LogP contribution in [-0.4, -0.2) is 33.8 Å². The number of aromatic nitrogens is 2. The highest BCUT2D eigenvalue weighted by molar-refractivity contribution is 5.87. The molecular weight excluding hydrogens is 248 g/mol. The maximum Gasteiger partial charge on any atom is 0.328 e. The van der Waals surface area contributed by atoms with Gasteiger partial charge < -0.3 is 19.1 Å². The van der Waals surface area contributed by atoms with Crippen LogP contribution in [0.5, 0.6) is 11.5 Å². The van der Waals surface area contributed by atoms with Crippen molar-refractivity contribution in [2.75, 3.05) is 13.2 Å². The van der Waals surface area contributed by atoms with Crippen LogP contribution in [0.1, 0.15) is 5.82 Å². The van der Waals surface area contributed by atoms with E-state index in [1.54, 1.807) is 0 Å². The van der Waals surface area contributed by atoms with E-state index >= 15 is 0 Å². The van der Waals surface area contributed by atoms with Crippen LogP contribution in [0, 0.1) is 0 Å². The maximum absolute atomic E-state index is 10.5. The number of fused-ring (bicyclic) bond motifs is 2. The van der Waals surface area contributed by atoms with Crippen LogP contribution in [0.3, 0.4) is 0 Å². The highest BCUT2D eigenvalue weighted by atomic mass is 16.6. The Labute approximate surface area is 108 Å². The van der Waals surface area contributed by atoms with E-state index in [1.807, 2.05) is 23.7 Å². The van der Waals surface area contributed by atoms with Crippen LogP contribution in [0.2, 0.25) is 0 Å². The van der Waals surface area contributed by atoms with Crippen molar-refractivity contribution >= 4 is 23.1 Å². The summed E-state index contributed by atoms with van der Waals surface area (Å²) in [7, 11) is 1.83. The summed E-state index contributed by atoms with van der Waals surface area (Å²) in [6.07, 6.45) is 2.52. The van der Waals surface area contributed by atoms with Crippen molar-refractivity contribution in [3.05, 3.63) is 24.0 Å². The average Bonchev–Trinajstić information content (AvgIpc) is 2.70. The minimum atomic E-state index is -1.00. The fraction of sp³-hybridized carbons (Fsp3) is 0.231. The Kier molecular flexibility index (Phi) is 2.63. The van der Waals surface area contributed by atoms with Gasteiger partial charge in [0, 0.05) is 25.3 Å². The SMILES string of the molecule is Cn1c(/C=C/C(=O)O)nc2cc3c(cc21)OCCO3. The topological polar surface area (TPSA) is 73.6 Å². The van der Waals surface area contributed by atoms with Gasteiger partial charge in [0.25, 0.3) is 0 Å². The van der Waals surface area contributed by atoms with E-state index in [2.05, 4.69) is 4.98 Å². The molecule has 2 aromatic rings. The van der Waals surface area contributed by atoms with Crippen molar-refractivity contribution < 1.29 is 19.4 Å². The largest absolute Gasteiger partial charge is 0.486 e. The summed E-state index contributed by atoms with van der Waals surface area (Å²) in [6.45, 7) is 1.05. The van der Waals surface area contributed by atoms with Gasteiger partial charge in [0.1, 0.15) is 19.0 Å². The lowest BCUT2D eigenvalue weighted by atomic mass is 10.2. The van der Waals surface area contributed by atoms with Gasteiger partial charge in [0.2, 0.25) is 0 Å². The molecule has 1 aromatic heterocycles. The van der Waals surface area contributed by atoms with Crippen LogP contribution in [-0.2, 0) is 11.8 Å². The zero-order valence-electron chi connectivity index (χ0n) is 10.3. The van der Waals surface area contributed by atoms with Gasteiger partial charge in [-0.05, 0) is 6.08 Å². The summed E-state index contributed by atoms with van der Waals surface area (Å²) >= 11 is 0.